The lowest BCUT2D eigenvalue weighted by Gasteiger charge is -2.28. The first kappa shape index (κ1) is 33.6. The first-order chi connectivity index (χ1) is 28.8. The Bertz CT molecular complexity index is 3270. The van der Waals surface area contributed by atoms with Crippen LogP contribution in [-0.4, -0.2) is 4.57 Å². The Labute approximate surface area is 338 Å². The molecular weight excluding hydrogens is 701 g/mol. The van der Waals surface area contributed by atoms with Crippen LogP contribution in [-0.2, 0) is 0 Å². The molecule has 0 aliphatic rings. The van der Waals surface area contributed by atoms with E-state index < -0.39 is 0 Å². The van der Waals surface area contributed by atoms with E-state index in [0.717, 1.165) is 28.3 Å². The third kappa shape index (κ3) is 5.74. The molecule has 1 heterocycles. The zero-order valence-corrected chi connectivity index (χ0v) is 31.8. The zero-order chi connectivity index (χ0) is 38.4. The van der Waals surface area contributed by atoms with E-state index in [4.69, 9.17) is 0 Å². The van der Waals surface area contributed by atoms with Crippen molar-refractivity contribution >= 4 is 60.4 Å². The van der Waals surface area contributed by atoms with Crippen LogP contribution in [0.2, 0.25) is 0 Å². The Morgan fingerprint density at radius 3 is 1.66 bits per heavy atom. The largest absolute Gasteiger partial charge is 0.310 e. The molecule has 0 radical (unpaired) electrons. The Balaban J connectivity index is 1.04. The molecule has 0 atom stereocenters. The van der Waals surface area contributed by atoms with E-state index in [1.165, 1.54) is 71.2 Å². The Kier molecular flexibility index (Phi) is 8.19. The van der Waals surface area contributed by atoms with Gasteiger partial charge in [-0.2, -0.15) is 0 Å². The molecule has 10 aromatic carbocycles. The lowest BCUT2D eigenvalue weighted by Crippen LogP contribution is -2.11. The predicted octanol–water partition coefficient (Wildman–Crippen LogP) is 15.6. The van der Waals surface area contributed by atoms with Crippen molar-refractivity contribution in [1.82, 2.24) is 4.57 Å². The number of aromatic nitrogens is 1. The average Bonchev–Trinajstić information content (AvgIpc) is 3.65. The summed E-state index contributed by atoms with van der Waals surface area (Å²) in [7, 11) is 0. The van der Waals surface area contributed by atoms with Gasteiger partial charge in [0.2, 0.25) is 0 Å². The molecule has 0 unspecified atom stereocenters. The lowest BCUT2D eigenvalue weighted by molar-refractivity contribution is 1.18. The Morgan fingerprint density at radius 1 is 0.310 bits per heavy atom. The number of hydrogen-bond donors (Lipinski definition) is 0. The molecule has 11 rings (SSSR count). The minimum absolute atomic E-state index is 1.09. The van der Waals surface area contributed by atoms with Gasteiger partial charge in [-0.1, -0.05) is 176 Å². The van der Waals surface area contributed by atoms with Crippen LogP contribution >= 0.6 is 0 Å². The average molecular weight is 739 g/mol. The summed E-state index contributed by atoms with van der Waals surface area (Å²) in [4.78, 5) is 2.39. The second kappa shape index (κ2) is 14.1. The molecule has 0 amide bonds. The highest BCUT2D eigenvalue weighted by Crippen LogP contribution is 2.43. The molecule has 1 aromatic heterocycles. The molecule has 0 saturated heterocycles. The normalized spacial score (nSPS) is 11.4. The number of benzene rings is 10. The van der Waals surface area contributed by atoms with Gasteiger partial charge < -0.3 is 9.47 Å². The summed E-state index contributed by atoms with van der Waals surface area (Å²) in [5.74, 6) is 0. The van der Waals surface area contributed by atoms with Gasteiger partial charge in [-0.3, -0.25) is 0 Å². The summed E-state index contributed by atoms with van der Waals surface area (Å²) in [6.07, 6.45) is 0. The minimum Gasteiger partial charge on any atom is -0.310 e. The van der Waals surface area contributed by atoms with Crippen molar-refractivity contribution in [1.29, 1.82) is 0 Å². The van der Waals surface area contributed by atoms with Gasteiger partial charge in [0.1, 0.15) is 0 Å². The van der Waals surface area contributed by atoms with E-state index in [-0.39, 0.29) is 0 Å². The highest BCUT2D eigenvalue weighted by Gasteiger charge is 2.20. The number of fused-ring (bicyclic) bond motifs is 6. The van der Waals surface area contributed by atoms with E-state index >= 15 is 0 Å². The molecular formula is C56H38N2. The van der Waals surface area contributed by atoms with Crippen LogP contribution in [0.3, 0.4) is 0 Å². The molecule has 0 aliphatic carbocycles. The Morgan fingerprint density at radius 2 is 0.862 bits per heavy atom. The van der Waals surface area contributed by atoms with Gasteiger partial charge in [0.05, 0.1) is 22.4 Å². The third-order valence-electron chi connectivity index (χ3n) is 11.6. The number of hydrogen-bond acceptors (Lipinski definition) is 1. The summed E-state index contributed by atoms with van der Waals surface area (Å²) < 4.78 is 2.44. The van der Waals surface area contributed by atoms with Crippen LogP contribution in [0.1, 0.15) is 0 Å². The molecule has 0 N–H and O–H groups in total. The zero-order valence-electron chi connectivity index (χ0n) is 31.8. The van der Waals surface area contributed by atoms with Crippen molar-refractivity contribution in [3.63, 3.8) is 0 Å². The monoisotopic (exact) mass is 738 g/mol. The number of nitrogens with zero attached hydrogens (tertiary/aromatic N) is 2. The fourth-order valence-corrected chi connectivity index (χ4v) is 8.83. The van der Waals surface area contributed by atoms with Crippen LogP contribution < -0.4 is 4.90 Å². The molecule has 0 spiro atoms. The van der Waals surface area contributed by atoms with Gasteiger partial charge >= 0.3 is 0 Å². The van der Waals surface area contributed by atoms with Crippen molar-refractivity contribution in [2.24, 2.45) is 0 Å². The van der Waals surface area contributed by atoms with Crippen molar-refractivity contribution < 1.29 is 0 Å². The molecule has 0 bridgehead atoms. The molecule has 0 aliphatic heterocycles. The third-order valence-corrected chi connectivity index (χ3v) is 11.6. The van der Waals surface area contributed by atoms with E-state index in [2.05, 4.69) is 240 Å². The topological polar surface area (TPSA) is 8.17 Å². The lowest BCUT2D eigenvalue weighted by atomic mass is 9.99. The van der Waals surface area contributed by atoms with E-state index in [1.54, 1.807) is 0 Å². The van der Waals surface area contributed by atoms with Gasteiger partial charge in [0.15, 0.2) is 0 Å². The minimum atomic E-state index is 1.09. The first-order valence-corrected chi connectivity index (χ1v) is 19.9. The van der Waals surface area contributed by atoms with Crippen LogP contribution in [0.15, 0.2) is 231 Å². The second-order valence-electron chi connectivity index (χ2n) is 14.9. The summed E-state index contributed by atoms with van der Waals surface area (Å²) >= 11 is 0. The molecule has 272 valence electrons. The summed E-state index contributed by atoms with van der Waals surface area (Å²) in [5, 5.41) is 7.58. The maximum absolute atomic E-state index is 2.44. The van der Waals surface area contributed by atoms with Crippen LogP contribution in [0.25, 0.3) is 82.4 Å². The van der Waals surface area contributed by atoms with Crippen molar-refractivity contribution in [2.45, 2.75) is 0 Å². The van der Waals surface area contributed by atoms with E-state index in [9.17, 15) is 0 Å². The smallest absolute Gasteiger partial charge is 0.0547 e. The van der Waals surface area contributed by atoms with Crippen LogP contribution in [0.4, 0.5) is 17.1 Å². The number of rotatable bonds is 7. The van der Waals surface area contributed by atoms with E-state index in [0.29, 0.717) is 0 Å². The fourth-order valence-electron chi connectivity index (χ4n) is 8.83. The number of anilines is 3. The van der Waals surface area contributed by atoms with Crippen LogP contribution in [0, 0.1) is 0 Å². The van der Waals surface area contributed by atoms with Crippen molar-refractivity contribution in [3.05, 3.63) is 231 Å². The predicted molar refractivity (Wildman–Crippen MR) is 247 cm³/mol. The van der Waals surface area contributed by atoms with Crippen molar-refractivity contribution in [3.8, 4) is 39.1 Å². The number of para-hydroxylation sites is 3. The maximum Gasteiger partial charge on any atom is 0.0547 e. The van der Waals surface area contributed by atoms with Gasteiger partial charge in [0.25, 0.3) is 0 Å². The summed E-state index contributed by atoms with van der Waals surface area (Å²) in [6, 6.07) is 83.6. The molecule has 2 heteroatoms. The van der Waals surface area contributed by atoms with Gasteiger partial charge in [-0.25, -0.2) is 0 Å². The van der Waals surface area contributed by atoms with Gasteiger partial charge in [-0.15, -0.1) is 0 Å². The second-order valence-corrected chi connectivity index (χ2v) is 14.9. The van der Waals surface area contributed by atoms with Gasteiger partial charge in [0, 0.05) is 33.3 Å². The molecule has 0 fully saturated rings. The highest BCUT2D eigenvalue weighted by molar-refractivity contribution is 6.21. The highest BCUT2D eigenvalue weighted by atomic mass is 15.1. The quantitative estimate of drug-likeness (QED) is 0.158. The standard InChI is InChI=1S/C56H38N2/c1-2-15-41(16-3-1)48-19-8-11-23-52(48)57(46-33-28-40(29-34-46)45-27-26-39-14-4-5-18-44(39)38-45)47-35-30-43(31-36-47)49-20-9-12-24-53(49)58-54-25-13-10-22-51(54)56-50-21-7-6-17-42(50)32-37-55(56)58/h1-38H. The van der Waals surface area contributed by atoms with E-state index in [1.807, 2.05) is 0 Å². The molecule has 11 aromatic rings. The summed E-state index contributed by atoms with van der Waals surface area (Å²) in [6.45, 7) is 0. The van der Waals surface area contributed by atoms with Gasteiger partial charge in [-0.05, 0) is 98.4 Å². The first-order valence-electron chi connectivity index (χ1n) is 19.9. The fraction of sp³-hybridized carbons (Fsp3) is 0. The molecule has 0 saturated carbocycles. The van der Waals surface area contributed by atoms with Crippen LogP contribution in [0.5, 0.6) is 0 Å². The van der Waals surface area contributed by atoms with Crippen molar-refractivity contribution in [2.75, 3.05) is 4.90 Å². The summed E-state index contributed by atoms with van der Waals surface area (Å²) in [5.41, 5.74) is 14.0. The molecule has 2 nitrogen and oxygen atoms in total. The maximum atomic E-state index is 2.44. The SMILES string of the molecule is c1ccc(-c2ccccc2N(c2ccc(-c3ccc4ccccc4c3)cc2)c2ccc(-c3ccccc3-n3c4ccccc4c4c5ccccc5ccc43)cc2)cc1. The Hall–Kier alpha value is -7.68. The molecule has 58 heavy (non-hydrogen) atoms.